The zero-order valence-electron chi connectivity index (χ0n) is 23.9. The summed E-state index contributed by atoms with van der Waals surface area (Å²) in [6, 6.07) is 17.2. The van der Waals surface area contributed by atoms with Gasteiger partial charge in [0.2, 0.25) is 10.0 Å². The fourth-order valence-corrected chi connectivity index (χ4v) is 6.51. The zero-order chi connectivity index (χ0) is 30.9. The molecule has 4 heterocycles. The molecule has 0 saturated carbocycles. The molecule has 6 aromatic rings. The molecule has 0 saturated heterocycles. The number of aryl methyl sites for hydroxylation is 2. The van der Waals surface area contributed by atoms with Gasteiger partial charge in [0.05, 0.1) is 16.1 Å². The summed E-state index contributed by atoms with van der Waals surface area (Å²) in [5.74, 6) is -0.0240. The van der Waals surface area contributed by atoms with Gasteiger partial charge in [0.15, 0.2) is 0 Å². The van der Waals surface area contributed by atoms with Gasteiger partial charge in [-0.25, -0.2) is 17.7 Å². The fourth-order valence-electron chi connectivity index (χ4n) is 4.75. The Morgan fingerprint density at radius 3 is 2.12 bits per heavy atom. The maximum absolute atomic E-state index is 12.6. The average Bonchev–Trinajstić information content (AvgIpc) is 2.98. The molecule has 0 spiro atoms. The molecule has 0 bridgehead atoms. The molecule has 218 valence electrons. The number of hydrogen-bond acceptors (Lipinski definition) is 7. The first kappa shape index (κ1) is 30.5. The highest BCUT2D eigenvalue weighted by Gasteiger charge is 2.22. The number of sulfonamides is 1. The van der Waals surface area contributed by atoms with Gasteiger partial charge >= 0.3 is 0 Å². The van der Waals surface area contributed by atoms with Crippen molar-refractivity contribution in [3.63, 3.8) is 0 Å². The Morgan fingerprint density at radius 1 is 0.767 bits per heavy atom. The van der Waals surface area contributed by atoms with Crippen molar-refractivity contribution in [3.05, 3.63) is 106 Å². The number of halogens is 2. The van der Waals surface area contributed by atoms with E-state index in [4.69, 9.17) is 17.3 Å². The van der Waals surface area contributed by atoms with Crippen LogP contribution < -0.4 is 5.73 Å². The highest BCUT2D eigenvalue weighted by molar-refractivity contribution is 9.10. The quantitative estimate of drug-likeness (QED) is 0.206. The van der Waals surface area contributed by atoms with Crippen molar-refractivity contribution in [3.8, 4) is 22.3 Å². The van der Waals surface area contributed by atoms with Gasteiger partial charge in [-0.15, -0.1) is 0 Å². The van der Waals surface area contributed by atoms with E-state index in [1.54, 1.807) is 43.1 Å². The predicted molar refractivity (Wildman–Crippen MR) is 177 cm³/mol. The summed E-state index contributed by atoms with van der Waals surface area (Å²) in [5.41, 5.74) is 13.4. The van der Waals surface area contributed by atoms with E-state index in [1.165, 1.54) is 14.1 Å². The van der Waals surface area contributed by atoms with Crippen molar-refractivity contribution in [1.82, 2.24) is 24.2 Å². The highest BCUT2D eigenvalue weighted by Crippen LogP contribution is 2.34. The molecule has 0 aliphatic carbocycles. The Kier molecular flexibility index (Phi) is 8.75. The number of pyridine rings is 4. The minimum Gasteiger partial charge on any atom is -0.383 e. The molecular weight excluding hydrogens is 648 g/mol. The lowest BCUT2D eigenvalue weighted by molar-refractivity contribution is 0.521. The van der Waals surface area contributed by atoms with E-state index in [0.717, 1.165) is 63.4 Å². The van der Waals surface area contributed by atoms with Gasteiger partial charge in [0, 0.05) is 65.9 Å². The summed E-state index contributed by atoms with van der Waals surface area (Å²) in [7, 11) is -0.782. The lowest BCUT2D eigenvalue weighted by Crippen LogP contribution is -2.23. The van der Waals surface area contributed by atoms with Crippen molar-refractivity contribution < 1.29 is 8.42 Å². The van der Waals surface area contributed by atoms with Crippen LogP contribution >= 0.6 is 27.5 Å². The van der Waals surface area contributed by atoms with Crippen molar-refractivity contribution >= 4 is 65.2 Å². The number of aromatic nitrogens is 4. The Balaban J connectivity index is 0.000000235. The van der Waals surface area contributed by atoms with Crippen LogP contribution in [-0.2, 0) is 10.0 Å². The van der Waals surface area contributed by atoms with Gasteiger partial charge in [-0.1, -0.05) is 27.5 Å². The van der Waals surface area contributed by atoms with Crippen LogP contribution in [0.4, 0.5) is 5.82 Å². The smallest absolute Gasteiger partial charge is 0.246 e. The number of anilines is 1. The Hall–Kier alpha value is -3.96. The first-order valence-corrected chi connectivity index (χ1v) is 15.8. The van der Waals surface area contributed by atoms with Crippen LogP contribution in [-0.4, -0.2) is 46.8 Å². The van der Waals surface area contributed by atoms with E-state index in [2.05, 4.69) is 35.9 Å². The number of rotatable bonds is 4. The molecule has 4 aromatic heterocycles. The predicted octanol–water partition coefficient (Wildman–Crippen LogP) is 7.46. The minimum absolute atomic E-state index is 0.0108. The lowest BCUT2D eigenvalue weighted by atomic mass is 9.96. The minimum atomic E-state index is -3.72. The molecule has 0 atom stereocenters. The third-order valence-corrected chi connectivity index (χ3v) is 9.58. The van der Waals surface area contributed by atoms with Crippen LogP contribution in [0.5, 0.6) is 0 Å². The molecule has 0 radical (unpaired) electrons. The topological polar surface area (TPSA) is 115 Å². The number of hydrogen-bond donors (Lipinski definition) is 1. The van der Waals surface area contributed by atoms with Crippen molar-refractivity contribution in [1.29, 1.82) is 0 Å². The molecule has 43 heavy (non-hydrogen) atoms. The molecule has 0 aliphatic heterocycles. The van der Waals surface area contributed by atoms with E-state index >= 15 is 0 Å². The SMILES string of the molecule is Cc1cc(-c2cnc(N)c(S(=O)(=O)N(C)C)c2)cc2c(-c3ccncc3)ccnc12.Cc1cc(Br)cc2c(Cl)ccnc12. The van der Waals surface area contributed by atoms with Gasteiger partial charge in [-0.05, 0) is 96.3 Å². The Labute approximate surface area is 263 Å². The molecule has 0 unspecified atom stereocenters. The molecule has 0 fully saturated rings. The molecule has 2 N–H and O–H groups in total. The summed E-state index contributed by atoms with van der Waals surface area (Å²) < 4.78 is 27.5. The third-order valence-electron chi connectivity index (χ3n) is 6.95. The van der Waals surface area contributed by atoms with Gasteiger partial charge in [0.1, 0.15) is 10.7 Å². The van der Waals surface area contributed by atoms with E-state index in [-0.39, 0.29) is 10.7 Å². The Bertz CT molecular complexity index is 2090. The van der Waals surface area contributed by atoms with Crippen LogP contribution in [0.15, 0.2) is 94.9 Å². The zero-order valence-corrected chi connectivity index (χ0v) is 27.0. The van der Waals surface area contributed by atoms with Crippen LogP contribution in [0.3, 0.4) is 0 Å². The molecule has 2 aromatic carbocycles. The fraction of sp³-hybridized carbons (Fsp3) is 0.125. The van der Waals surface area contributed by atoms with Crippen molar-refractivity contribution in [2.24, 2.45) is 0 Å². The molecule has 6 rings (SSSR count). The number of nitrogens with zero attached hydrogens (tertiary/aromatic N) is 5. The summed E-state index contributed by atoms with van der Waals surface area (Å²) >= 11 is 9.47. The van der Waals surface area contributed by atoms with Crippen LogP contribution in [0.25, 0.3) is 44.1 Å². The van der Waals surface area contributed by atoms with Crippen LogP contribution in [0.1, 0.15) is 11.1 Å². The number of nitrogen functional groups attached to an aromatic ring is 1. The standard InChI is InChI=1S/C22H21N5O2S.C10H7BrClN/c1-14-10-16(17-12-20(22(23)26-13-17)30(28,29)27(2)3)11-19-18(6-9-25-21(14)19)15-4-7-24-8-5-15;1-6-4-7(11)5-8-9(12)2-3-13-10(6)8/h4-13H,1-3H3,(H2,23,26);2-5H,1H3. The average molecular weight is 676 g/mol. The monoisotopic (exact) mass is 674 g/mol. The molecule has 0 amide bonds. The second-order valence-corrected chi connectivity index (χ2v) is 13.5. The van der Waals surface area contributed by atoms with E-state index in [9.17, 15) is 8.42 Å². The van der Waals surface area contributed by atoms with Crippen molar-refractivity contribution in [2.45, 2.75) is 18.7 Å². The first-order chi connectivity index (χ1) is 20.5. The van der Waals surface area contributed by atoms with Gasteiger partial charge in [-0.2, -0.15) is 0 Å². The summed E-state index contributed by atoms with van der Waals surface area (Å²) in [6.45, 7) is 4.01. The normalized spacial score (nSPS) is 11.5. The van der Waals surface area contributed by atoms with Crippen LogP contribution in [0.2, 0.25) is 5.02 Å². The summed E-state index contributed by atoms with van der Waals surface area (Å²) in [5, 5.41) is 2.71. The van der Waals surface area contributed by atoms with E-state index < -0.39 is 10.0 Å². The lowest BCUT2D eigenvalue weighted by Gasteiger charge is -2.15. The Morgan fingerprint density at radius 2 is 1.42 bits per heavy atom. The first-order valence-electron chi connectivity index (χ1n) is 13.2. The van der Waals surface area contributed by atoms with Gasteiger partial charge in [-0.3, -0.25) is 15.0 Å². The van der Waals surface area contributed by atoms with Gasteiger partial charge < -0.3 is 5.73 Å². The molecule has 8 nitrogen and oxygen atoms in total. The van der Waals surface area contributed by atoms with Crippen molar-refractivity contribution in [2.75, 3.05) is 19.8 Å². The number of fused-ring (bicyclic) bond motifs is 2. The van der Waals surface area contributed by atoms with Gasteiger partial charge in [0.25, 0.3) is 0 Å². The third kappa shape index (κ3) is 6.23. The second kappa shape index (κ2) is 12.3. The summed E-state index contributed by atoms with van der Waals surface area (Å²) in [6.07, 6.45) is 8.61. The number of nitrogens with two attached hydrogens (primary N) is 1. The molecular formula is C32H28BrClN6O2S. The molecule has 0 aliphatic rings. The van der Waals surface area contributed by atoms with E-state index in [0.29, 0.717) is 5.56 Å². The number of benzene rings is 2. The molecule has 11 heteroatoms. The maximum atomic E-state index is 12.6. The summed E-state index contributed by atoms with van der Waals surface area (Å²) in [4.78, 5) is 17.0. The van der Waals surface area contributed by atoms with E-state index in [1.807, 2.05) is 56.3 Å². The maximum Gasteiger partial charge on any atom is 0.246 e. The largest absolute Gasteiger partial charge is 0.383 e. The highest BCUT2D eigenvalue weighted by atomic mass is 79.9. The second-order valence-electron chi connectivity index (χ2n) is 10.1. The van der Waals surface area contributed by atoms with Crippen LogP contribution in [0, 0.1) is 13.8 Å².